The average molecular weight is 393 g/mol. The summed E-state index contributed by atoms with van der Waals surface area (Å²) in [6.07, 6.45) is -0.953. The molecule has 0 radical (unpaired) electrons. The van der Waals surface area contributed by atoms with Crippen LogP contribution in [-0.2, 0) is 14.3 Å². The van der Waals surface area contributed by atoms with Crippen LogP contribution in [0.1, 0.15) is 13.8 Å². The standard InChI is InChI=1S/C23H23NO5/c1-3-27-18-11-13-19(14-12-18)28-15-22(25)29-16(2)23(26)24-21-10-6-8-17-7-4-5-9-20(17)21/h4-14,16H,3,15H2,1-2H3,(H,24,26)/t16-/m0/s1. The Morgan fingerprint density at radius 1 is 0.897 bits per heavy atom. The summed E-state index contributed by atoms with van der Waals surface area (Å²) in [4.78, 5) is 24.4. The van der Waals surface area contributed by atoms with Crippen molar-refractivity contribution in [2.75, 3.05) is 18.5 Å². The van der Waals surface area contributed by atoms with Crippen LogP contribution in [-0.4, -0.2) is 31.2 Å². The zero-order chi connectivity index (χ0) is 20.6. The van der Waals surface area contributed by atoms with Gasteiger partial charge in [0, 0.05) is 11.1 Å². The Morgan fingerprint density at radius 3 is 2.28 bits per heavy atom. The van der Waals surface area contributed by atoms with Gasteiger partial charge in [-0.2, -0.15) is 0 Å². The highest BCUT2D eigenvalue weighted by Gasteiger charge is 2.19. The van der Waals surface area contributed by atoms with Crippen molar-refractivity contribution in [1.29, 1.82) is 0 Å². The van der Waals surface area contributed by atoms with E-state index in [2.05, 4.69) is 5.32 Å². The number of anilines is 1. The minimum absolute atomic E-state index is 0.292. The maximum atomic E-state index is 12.4. The molecule has 0 aliphatic carbocycles. The van der Waals surface area contributed by atoms with Crippen molar-refractivity contribution in [3.63, 3.8) is 0 Å². The molecule has 3 rings (SSSR count). The molecular weight excluding hydrogens is 370 g/mol. The van der Waals surface area contributed by atoms with Crippen molar-refractivity contribution < 1.29 is 23.8 Å². The van der Waals surface area contributed by atoms with E-state index in [0.29, 0.717) is 18.0 Å². The number of carbonyl (C=O) groups is 2. The second-order valence-electron chi connectivity index (χ2n) is 6.34. The zero-order valence-electron chi connectivity index (χ0n) is 16.4. The predicted molar refractivity (Wildman–Crippen MR) is 111 cm³/mol. The molecule has 1 amide bonds. The molecule has 0 unspecified atom stereocenters. The summed E-state index contributed by atoms with van der Waals surface area (Å²) in [5, 5.41) is 4.74. The number of ether oxygens (including phenoxy) is 3. The third-order valence-corrected chi connectivity index (χ3v) is 4.22. The van der Waals surface area contributed by atoms with Gasteiger partial charge in [-0.1, -0.05) is 36.4 Å². The quantitative estimate of drug-likeness (QED) is 0.581. The third kappa shape index (κ3) is 5.48. The fourth-order valence-electron chi connectivity index (χ4n) is 2.79. The molecule has 150 valence electrons. The Hall–Kier alpha value is -3.54. The molecular formula is C23H23NO5. The number of esters is 1. The number of amides is 1. The van der Waals surface area contributed by atoms with Gasteiger partial charge in [-0.15, -0.1) is 0 Å². The Labute approximate surface area is 169 Å². The summed E-state index contributed by atoms with van der Waals surface area (Å²) in [6.45, 7) is 3.71. The van der Waals surface area contributed by atoms with Crippen LogP contribution in [0.15, 0.2) is 66.7 Å². The highest BCUT2D eigenvalue weighted by molar-refractivity contribution is 6.03. The molecule has 0 fully saturated rings. The van der Waals surface area contributed by atoms with E-state index >= 15 is 0 Å². The zero-order valence-corrected chi connectivity index (χ0v) is 16.4. The van der Waals surface area contributed by atoms with Gasteiger partial charge in [-0.05, 0) is 49.6 Å². The van der Waals surface area contributed by atoms with E-state index < -0.39 is 18.0 Å². The molecule has 0 saturated heterocycles. The van der Waals surface area contributed by atoms with E-state index in [1.54, 1.807) is 24.3 Å². The largest absolute Gasteiger partial charge is 0.494 e. The van der Waals surface area contributed by atoms with E-state index in [1.807, 2.05) is 49.4 Å². The Bertz CT molecular complexity index is 979. The second kappa shape index (κ2) is 9.59. The topological polar surface area (TPSA) is 73.9 Å². The predicted octanol–water partition coefficient (Wildman–Crippen LogP) is 4.19. The van der Waals surface area contributed by atoms with Gasteiger partial charge >= 0.3 is 5.97 Å². The molecule has 6 nitrogen and oxygen atoms in total. The molecule has 1 N–H and O–H groups in total. The molecule has 0 heterocycles. The molecule has 0 spiro atoms. The van der Waals surface area contributed by atoms with Gasteiger partial charge in [0.1, 0.15) is 11.5 Å². The second-order valence-corrected chi connectivity index (χ2v) is 6.34. The molecule has 0 bridgehead atoms. The number of carbonyl (C=O) groups excluding carboxylic acids is 2. The lowest BCUT2D eigenvalue weighted by molar-refractivity contribution is -0.155. The van der Waals surface area contributed by atoms with Crippen LogP contribution in [0.2, 0.25) is 0 Å². The summed E-state index contributed by atoms with van der Waals surface area (Å²) in [5.74, 6) is 0.203. The first kappa shape index (κ1) is 20.2. The smallest absolute Gasteiger partial charge is 0.344 e. The molecule has 0 aliphatic rings. The Kier molecular flexibility index (Phi) is 6.68. The van der Waals surface area contributed by atoms with Crippen LogP contribution in [0, 0.1) is 0 Å². The van der Waals surface area contributed by atoms with Crippen molar-refractivity contribution in [2.45, 2.75) is 20.0 Å². The summed E-state index contributed by atoms with van der Waals surface area (Å²) < 4.78 is 15.9. The molecule has 0 aliphatic heterocycles. The van der Waals surface area contributed by atoms with Crippen LogP contribution >= 0.6 is 0 Å². The molecule has 0 saturated carbocycles. The van der Waals surface area contributed by atoms with Crippen LogP contribution < -0.4 is 14.8 Å². The van der Waals surface area contributed by atoms with Crippen molar-refractivity contribution in [3.05, 3.63) is 66.7 Å². The van der Waals surface area contributed by atoms with Gasteiger partial charge in [-0.3, -0.25) is 4.79 Å². The third-order valence-electron chi connectivity index (χ3n) is 4.22. The molecule has 0 aromatic heterocycles. The van der Waals surface area contributed by atoms with E-state index in [1.165, 1.54) is 6.92 Å². The number of hydrogen-bond donors (Lipinski definition) is 1. The number of rotatable bonds is 8. The van der Waals surface area contributed by atoms with E-state index in [9.17, 15) is 9.59 Å². The fraction of sp³-hybridized carbons (Fsp3) is 0.217. The molecule has 6 heteroatoms. The van der Waals surface area contributed by atoms with E-state index in [4.69, 9.17) is 14.2 Å². The lowest BCUT2D eigenvalue weighted by atomic mass is 10.1. The monoisotopic (exact) mass is 393 g/mol. The highest BCUT2D eigenvalue weighted by Crippen LogP contribution is 2.23. The van der Waals surface area contributed by atoms with Crippen LogP contribution in [0.25, 0.3) is 10.8 Å². The number of hydrogen-bond acceptors (Lipinski definition) is 5. The van der Waals surface area contributed by atoms with Crippen molar-refractivity contribution >= 4 is 28.3 Å². The van der Waals surface area contributed by atoms with Crippen molar-refractivity contribution in [2.24, 2.45) is 0 Å². The van der Waals surface area contributed by atoms with E-state index in [-0.39, 0.29) is 6.61 Å². The first-order valence-corrected chi connectivity index (χ1v) is 9.40. The maximum Gasteiger partial charge on any atom is 0.344 e. The molecule has 1 atom stereocenters. The molecule has 3 aromatic carbocycles. The number of fused-ring (bicyclic) bond motifs is 1. The van der Waals surface area contributed by atoms with Gasteiger partial charge in [0.2, 0.25) is 0 Å². The fourth-order valence-corrected chi connectivity index (χ4v) is 2.79. The summed E-state index contributed by atoms with van der Waals surface area (Å²) in [6, 6.07) is 20.3. The van der Waals surface area contributed by atoms with Crippen LogP contribution in [0.5, 0.6) is 11.5 Å². The lowest BCUT2D eigenvalue weighted by Crippen LogP contribution is -2.31. The number of benzene rings is 3. The SMILES string of the molecule is CCOc1ccc(OCC(=O)O[C@@H](C)C(=O)Nc2cccc3ccccc23)cc1. The molecule has 29 heavy (non-hydrogen) atoms. The van der Waals surface area contributed by atoms with Gasteiger partial charge in [0.15, 0.2) is 12.7 Å². The first-order chi connectivity index (χ1) is 14.1. The Morgan fingerprint density at radius 2 is 1.55 bits per heavy atom. The summed E-state index contributed by atoms with van der Waals surface area (Å²) in [5.41, 5.74) is 0.668. The average Bonchev–Trinajstić information content (AvgIpc) is 2.73. The number of nitrogens with one attached hydrogen (secondary N) is 1. The van der Waals surface area contributed by atoms with Crippen LogP contribution in [0.3, 0.4) is 0 Å². The highest BCUT2D eigenvalue weighted by atomic mass is 16.6. The van der Waals surface area contributed by atoms with Crippen molar-refractivity contribution in [1.82, 2.24) is 0 Å². The van der Waals surface area contributed by atoms with E-state index in [0.717, 1.165) is 16.5 Å². The maximum absolute atomic E-state index is 12.4. The van der Waals surface area contributed by atoms with Gasteiger partial charge in [-0.25, -0.2) is 4.79 Å². The lowest BCUT2D eigenvalue weighted by Gasteiger charge is -2.15. The van der Waals surface area contributed by atoms with Crippen molar-refractivity contribution in [3.8, 4) is 11.5 Å². The van der Waals surface area contributed by atoms with Gasteiger partial charge in [0.05, 0.1) is 6.61 Å². The summed E-state index contributed by atoms with van der Waals surface area (Å²) in [7, 11) is 0. The first-order valence-electron chi connectivity index (χ1n) is 9.40. The normalized spacial score (nSPS) is 11.5. The minimum Gasteiger partial charge on any atom is -0.494 e. The summed E-state index contributed by atoms with van der Waals surface area (Å²) >= 11 is 0. The van der Waals surface area contributed by atoms with Crippen LogP contribution in [0.4, 0.5) is 5.69 Å². The molecule has 3 aromatic rings. The van der Waals surface area contributed by atoms with Gasteiger partial charge < -0.3 is 19.5 Å². The minimum atomic E-state index is -0.953. The Balaban J connectivity index is 1.51. The van der Waals surface area contributed by atoms with Gasteiger partial charge in [0.25, 0.3) is 5.91 Å².